The van der Waals surface area contributed by atoms with E-state index in [9.17, 15) is 19.8 Å². The zero-order valence-corrected chi connectivity index (χ0v) is 11.0. The van der Waals surface area contributed by atoms with Crippen molar-refractivity contribution in [1.82, 2.24) is 0 Å². The van der Waals surface area contributed by atoms with Crippen LogP contribution in [0.1, 0.15) is 51.9 Å². The van der Waals surface area contributed by atoms with Gasteiger partial charge in [0.05, 0.1) is 12.2 Å². The Kier molecular flexibility index (Phi) is 6.50. The van der Waals surface area contributed by atoms with Gasteiger partial charge in [-0.25, -0.2) is 0 Å². The molecule has 4 atom stereocenters. The molecular formula is C14H24O4. The second-order valence-electron chi connectivity index (χ2n) is 5.28. The standard InChI is InChI=1S/C14H24O4/c1-2-3-4-5-10(16)6-7-11-12(9-15)14(18)8-13(11)17/h9,11-14,17-18H,2-8H2,1H3. The molecule has 2 N–H and O–H groups in total. The van der Waals surface area contributed by atoms with Crippen molar-refractivity contribution < 1.29 is 19.8 Å². The maximum Gasteiger partial charge on any atom is 0.132 e. The Balaban J connectivity index is 2.33. The zero-order valence-electron chi connectivity index (χ0n) is 11.0. The Bertz CT molecular complexity index is 277. The van der Waals surface area contributed by atoms with Crippen LogP contribution >= 0.6 is 0 Å². The van der Waals surface area contributed by atoms with E-state index in [1.54, 1.807) is 0 Å². The number of aliphatic hydroxyl groups is 2. The molecule has 0 amide bonds. The predicted molar refractivity (Wildman–Crippen MR) is 68.1 cm³/mol. The normalized spacial score (nSPS) is 31.5. The number of aliphatic hydroxyl groups excluding tert-OH is 2. The molecule has 0 bridgehead atoms. The molecule has 0 saturated heterocycles. The van der Waals surface area contributed by atoms with E-state index < -0.39 is 18.1 Å². The number of rotatable bonds is 8. The third-order valence-corrected chi connectivity index (χ3v) is 3.89. The predicted octanol–water partition coefficient (Wildman–Crippen LogP) is 1.47. The summed E-state index contributed by atoms with van der Waals surface area (Å²) in [4.78, 5) is 22.5. The Morgan fingerprint density at radius 2 is 1.94 bits per heavy atom. The molecule has 0 radical (unpaired) electrons. The topological polar surface area (TPSA) is 74.6 Å². The summed E-state index contributed by atoms with van der Waals surface area (Å²) in [5, 5.41) is 19.3. The van der Waals surface area contributed by atoms with Crippen molar-refractivity contribution in [3.63, 3.8) is 0 Å². The van der Waals surface area contributed by atoms with Crippen molar-refractivity contribution in [3.05, 3.63) is 0 Å². The highest BCUT2D eigenvalue weighted by Crippen LogP contribution is 2.34. The largest absolute Gasteiger partial charge is 0.393 e. The summed E-state index contributed by atoms with van der Waals surface area (Å²) in [7, 11) is 0. The summed E-state index contributed by atoms with van der Waals surface area (Å²) in [5.74, 6) is -0.572. The molecule has 18 heavy (non-hydrogen) atoms. The van der Waals surface area contributed by atoms with E-state index in [0.717, 1.165) is 19.3 Å². The van der Waals surface area contributed by atoms with Crippen molar-refractivity contribution in [2.45, 2.75) is 64.1 Å². The number of aldehydes is 1. The fourth-order valence-electron chi connectivity index (χ4n) is 2.72. The quantitative estimate of drug-likeness (QED) is 0.509. The van der Waals surface area contributed by atoms with Gasteiger partial charge in [0.2, 0.25) is 0 Å². The number of carbonyl (C=O) groups excluding carboxylic acids is 2. The van der Waals surface area contributed by atoms with Gasteiger partial charge in [-0.2, -0.15) is 0 Å². The lowest BCUT2D eigenvalue weighted by Crippen LogP contribution is -2.24. The molecule has 1 aliphatic rings. The van der Waals surface area contributed by atoms with Crippen molar-refractivity contribution in [2.75, 3.05) is 0 Å². The van der Waals surface area contributed by atoms with E-state index in [0.29, 0.717) is 25.5 Å². The summed E-state index contributed by atoms with van der Waals surface area (Å²) in [5.41, 5.74) is 0. The summed E-state index contributed by atoms with van der Waals surface area (Å²) >= 11 is 0. The third-order valence-electron chi connectivity index (χ3n) is 3.89. The fraction of sp³-hybridized carbons (Fsp3) is 0.857. The molecule has 0 aromatic heterocycles. The Hall–Kier alpha value is -0.740. The van der Waals surface area contributed by atoms with Crippen LogP contribution in [0.15, 0.2) is 0 Å². The number of hydrogen-bond donors (Lipinski definition) is 2. The van der Waals surface area contributed by atoms with Crippen LogP contribution in [0, 0.1) is 11.8 Å². The van der Waals surface area contributed by atoms with Gasteiger partial charge < -0.3 is 15.0 Å². The average Bonchev–Trinajstić information content (AvgIpc) is 2.61. The number of carbonyl (C=O) groups is 2. The molecule has 4 unspecified atom stereocenters. The van der Waals surface area contributed by atoms with E-state index >= 15 is 0 Å². The zero-order chi connectivity index (χ0) is 13.5. The number of unbranched alkanes of at least 4 members (excludes halogenated alkanes) is 2. The Morgan fingerprint density at radius 1 is 1.22 bits per heavy atom. The molecule has 0 aliphatic heterocycles. The molecule has 0 aromatic carbocycles. The van der Waals surface area contributed by atoms with Crippen LogP contribution in [-0.2, 0) is 9.59 Å². The molecule has 0 spiro atoms. The minimum absolute atomic E-state index is 0.196. The van der Waals surface area contributed by atoms with Gasteiger partial charge in [-0.3, -0.25) is 4.79 Å². The molecule has 4 heteroatoms. The summed E-state index contributed by atoms with van der Waals surface area (Å²) in [6, 6.07) is 0. The van der Waals surface area contributed by atoms with Gasteiger partial charge >= 0.3 is 0 Å². The fourth-order valence-corrected chi connectivity index (χ4v) is 2.72. The van der Waals surface area contributed by atoms with Crippen LogP contribution in [0.5, 0.6) is 0 Å². The molecule has 1 saturated carbocycles. The van der Waals surface area contributed by atoms with Crippen LogP contribution in [-0.4, -0.2) is 34.5 Å². The summed E-state index contributed by atoms with van der Waals surface area (Å²) in [6.45, 7) is 2.09. The third kappa shape index (κ3) is 4.18. The first-order valence-corrected chi connectivity index (χ1v) is 6.93. The van der Waals surface area contributed by atoms with Gasteiger partial charge in [-0.05, 0) is 18.8 Å². The van der Waals surface area contributed by atoms with Crippen LogP contribution in [0.2, 0.25) is 0 Å². The Labute approximate surface area is 108 Å². The smallest absolute Gasteiger partial charge is 0.132 e. The molecule has 0 heterocycles. The van der Waals surface area contributed by atoms with Crippen LogP contribution in [0.4, 0.5) is 0 Å². The molecule has 1 fully saturated rings. The minimum atomic E-state index is -0.752. The summed E-state index contributed by atoms with van der Waals surface area (Å²) in [6.07, 6.45) is 4.13. The second-order valence-corrected chi connectivity index (χ2v) is 5.28. The van der Waals surface area contributed by atoms with Gasteiger partial charge in [-0.1, -0.05) is 19.8 Å². The molecule has 104 valence electrons. The maximum atomic E-state index is 11.6. The second kappa shape index (κ2) is 7.64. The lowest BCUT2D eigenvalue weighted by atomic mass is 9.89. The van der Waals surface area contributed by atoms with E-state index in [-0.39, 0.29) is 18.1 Å². The van der Waals surface area contributed by atoms with Crippen molar-refractivity contribution in [3.8, 4) is 0 Å². The lowest BCUT2D eigenvalue weighted by molar-refractivity contribution is -0.120. The van der Waals surface area contributed by atoms with Crippen molar-refractivity contribution in [1.29, 1.82) is 0 Å². The number of hydrogen-bond acceptors (Lipinski definition) is 4. The van der Waals surface area contributed by atoms with Gasteiger partial charge in [0.1, 0.15) is 12.1 Å². The van der Waals surface area contributed by atoms with Crippen LogP contribution < -0.4 is 0 Å². The van der Waals surface area contributed by atoms with Gasteiger partial charge in [0.25, 0.3) is 0 Å². The monoisotopic (exact) mass is 256 g/mol. The van der Waals surface area contributed by atoms with E-state index in [2.05, 4.69) is 6.92 Å². The van der Waals surface area contributed by atoms with E-state index in [4.69, 9.17) is 0 Å². The number of Topliss-reactive ketones (excluding diaryl/α,β-unsaturated/α-hetero) is 1. The number of ketones is 1. The first-order valence-electron chi connectivity index (χ1n) is 6.93. The SMILES string of the molecule is CCCCCC(=O)CCC1C(O)CC(O)C1C=O. The van der Waals surface area contributed by atoms with Crippen LogP contribution in [0.3, 0.4) is 0 Å². The molecule has 1 rings (SSSR count). The molecule has 4 nitrogen and oxygen atoms in total. The van der Waals surface area contributed by atoms with Gasteiger partial charge in [0.15, 0.2) is 0 Å². The first kappa shape index (κ1) is 15.3. The lowest BCUT2D eigenvalue weighted by Gasteiger charge is -2.18. The molecule has 0 aromatic rings. The maximum absolute atomic E-state index is 11.6. The summed E-state index contributed by atoms with van der Waals surface area (Å²) < 4.78 is 0. The highest BCUT2D eigenvalue weighted by atomic mass is 16.3. The Morgan fingerprint density at radius 3 is 2.56 bits per heavy atom. The highest BCUT2D eigenvalue weighted by Gasteiger charge is 2.41. The van der Waals surface area contributed by atoms with Crippen LogP contribution in [0.25, 0.3) is 0 Å². The first-order chi connectivity index (χ1) is 8.60. The molecular weight excluding hydrogens is 232 g/mol. The van der Waals surface area contributed by atoms with Crippen molar-refractivity contribution >= 4 is 12.1 Å². The van der Waals surface area contributed by atoms with E-state index in [1.165, 1.54) is 0 Å². The van der Waals surface area contributed by atoms with Gasteiger partial charge in [-0.15, -0.1) is 0 Å². The minimum Gasteiger partial charge on any atom is -0.393 e. The average molecular weight is 256 g/mol. The molecule has 1 aliphatic carbocycles. The van der Waals surface area contributed by atoms with Crippen molar-refractivity contribution in [2.24, 2.45) is 11.8 Å². The highest BCUT2D eigenvalue weighted by molar-refractivity contribution is 5.78. The van der Waals surface area contributed by atoms with Gasteiger partial charge in [0, 0.05) is 25.2 Å². The van der Waals surface area contributed by atoms with E-state index in [1.807, 2.05) is 0 Å².